The maximum absolute atomic E-state index is 13.0. The molecular formula is C13H10FNO4S. The molecule has 104 valence electrons. The van der Waals surface area contributed by atoms with Crippen LogP contribution in [0, 0.1) is 5.82 Å². The number of carbonyl (C=O) groups excluding carboxylic acids is 1. The van der Waals surface area contributed by atoms with Crippen molar-refractivity contribution in [1.82, 2.24) is 0 Å². The number of primary amides is 1. The second-order valence-corrected chi connectivity index (χ2v) is 5.40. The van der Waals surface area contributed by atoms with Gasteiger partial charge in [0.25, 0.3) is 5.91 Å². The van der Waals surface area contributed by atoms with E-state index in [2.05, 4.69) is 0 Å². The van der Waals surface area contributed by atoms with Gasteiger partial charge in [0.1, 0.15) is 10.7 Å². The number of carbonyl (C=O) groups is 1. The molecule has 20 heavy (non-hydrogen) atoms. The molecule has 0 unspecified atom stereocenters. The van der Waals surface area contributed by atoms with Crippen LogP contribution in [0.4, 0.5) is 4.39 Å². The Morgan fingerprint density at radius 2 is 1.80 bits per heavy atom. The van der Waals surface area contributed by atoms with Crippen LogP contribution in [-0.2, 0) is 10.1 Å². The summed E-state index contributed by atoms with van der Waals surface area (Å²) in [5.74, 6) is -1.74. The monoisotopic (exact) mass is 295 g/mol. The maximum atomic E-state index is 13.0. The second-order valence-electron chi connectivity index (χ2n) is 3.86. The molecule has 0 atom stereocenters. The summed E-state index contributed by atoms with van der Waals surface area (Å²) in [5, 5.41) is 0. The van der Waals surface area contributed by atoms with Gasteiger partial charge in [-0.3, -0.25) is 4.79 Å². The minimum Gasteiger partial charge on any atom is -0.378 e. The van der Waals surface area contributed by atoms with E-state index in [4.69, 9.17) is 9.92 Å². The maximum Gasteiger partial charge on any atom is 0.339 e. The number of rotatable bonds is 4. The van der Waals surface area contributed by atoms with Crippen molar-refractivity contribution in [2.75, 3.05) is 0 Å². The Labute approximate surface area is 114 Å². The molecule has 7 heteroatoms. The highest BCUT2D eigenvalue weighted by molar-refractivity contribution is 7.87. The van der Waals surface area contributed by atoms with Gasteiger partial charge in [0, 0.05) is 0 Å². The molecule has 0 aromatic heterocycles. The smallest absolute Gasteiger partial charge is 0.339 e. The molecule has 0 saturated carbocycles. The summed E-state index contributed by atoms with van der Waals surface area (Å²) < 4.78 is 41.9. The van der Waals surface area contributed by atoms with Gasteiger partial charge in [0.05, 0.1) is 5.56 Å². The van der Waals surface area contributed by atoms with Crippen LogP contribution >= 0.6 is 0 Å². The van der Waals surface area contributed by atoms with Gasteiger partial charge in [-0.05, 0) is 30.3 Å². The van der Waals surface area contributed by atoms with Crippen molar-refractivity contribution in [3.63, 3.8) is 0 Å². The van der Waals surface area contributed by atoms with E-state index in [9.17, 15) is 17.6 Å². The van der Waals surface area contributed by atoms with Gasteiger partial charge in [-0.1, -0.05) is 18.2 Å². The first-order valence-electron chi connectivity index (χ1n) is 5.49. The Hall–Kier alpha value is -2.41. The van der Waals surface area contributed by atoms with Crippen molar-refractivity contribution < 1.29 is 21.8 Å². The fourth-order valence-corrected chi connectivity index (χ4v) is 2.51. The number of hydrogen-bond donors (Lipinski definition) is 1. The van der Waals surface area contributed by atoms with Crippen molar-refractivity contribution in [2.45, 2.75) is 4.90 Å². The lowest BCUT2D eigenvalue weighted by atomic mass is 10.2. The second kappa shape index (κ2) is 5.30. The highest BCUT2D eigenvalue weighted by Gasteiger charge is 2.20. The van der Waals surface area contributed by atoms with Crippen LogP contribution in [0.5, 0.6) is 5.75 Å². The lowest BCUT2D eigenvalue weighted by molar-refractivity contribution is 0.0999. The minimum atomic E-state index is -4.24. The molecule has 0 aliphatic carbocycles. The molecule has 0 aliphatic rings. The number of para-hydroxylation sites is 1. The number of benzene rings is 2. The lowest BCUT2D eigenvalue weighted by Crippen LogP contribution is -2.16. The van der Waals surface area contributed by atoms with Gasteiger partial charge < -0.3 is 9.92 Å². The zero-order chi connectivity index (χ0) is 14.8. The summed E-state index contributed by atoms with van der Waals surface area (Å²) in [7, 11) is -4.24. The topological polar surface area (TPSA) is 86.5 Å². The lowest BCUT2D eigenvalue weighted by Gasteiger charge is -2.09. The zero-order valence-electron chi connectivity index (χ0n) is 10.1. The molecule has 2 aromatic rings. The first kappa shape index (κ1) is 14.0. The first-order valence-corrected chi connectivity index (χ1v) is 6.90. The molecule has 0 aliphatic heterocycles. The Morgan fingerprint density at radius 1 is 1.10 bits per heavy atom. The van der Waals surface area contributed by atoms with Crippen LogP contribution < -0.4 is 9.92 Å². The van der Waals surface area contributed by atoms with E-state index in [1.54, 1.807) is 0 Å². The van der Waals surface area contributed by atoms with Crippen molar-refractivity contribution in [3.05, 3.63) is 59.9 Å². The summed E-state index contributed by atoms with van der Waals surface area (Å²) in [6.07, 6.45) is 0. The molecule has 2 N–H and O–H groups in total. The van der Waals surface area contributed by atoms with E-state index in [0.717, 1.165) is 12.1 Å². The summed E-state index contributed by atoms with van der Waals surface area (Å²) in [6.45, 7) is 0. The predicted octanol–water partition coefficient (Wildman–Crippen LogP) is 1.69. The van der Waals surface area contributed by atoms with Crippen molar-refractivity contribution >= 4 is 16.0 Å². The molecular weight excluding hydrogens is 285 g/mol. The number of amides is 1. The van der Waals surface area contributed by atoms with E-state index in [1.807, 2.05) is 0 Å². The summed E-state index contributed by atoms with van der Waals surface area (Å²) in [4.78, 5) is 10.8. The summed E-state index contributed by atoms with van der Waals surface area (Å²) in [5.41, 5.74) is 5.05. The van der Waals surface area contributed by atoms with Crippen molar-refractivity contribution in [3.8, 4) is 5.75 Å². The molecule has 0 heterocycles. The predicted molar refractivity (Wildman–Crippen MR) is 69.2 cm³/mol. The molecule has 5 nitrogen and oxygen atoms in total. The molecule has 2 rings (SSSR count). The largest absolute Gasteiger partial charge is 0.378 e. The highest BCUT2D eigenvalue weighted by atomic mass is 32.2. The quantitative estimate of drug-likeness (QED) is 0.870. The third-order valence-corrected chi connectivity index (χ3v) is 3.67. The average Bonchev–Trinajstić information content (AvgIpc) is 2.38. The van der Waals surface area contributed by atoms with Crippen LogP contribution in [0.2, 0.25) is 0 Å². The van der Waals surface area contributed by atoms with E-state index in [-0.39, 0.29) is 16.2 Å². The molecule has 0 saturated heterocycles. The third-order valence-electron chi connectivity index (χ3n) is 2.44. The molecule has 1 amide bonds. The van der Waals surface area contributed by atoms with Gasteiger partial charge in [0.15, 0.2) is 5.75 Å². The van der Waals surface area contributed by atoms with Crippen LogP contribution in [0.1, 0.15) is 10.4 Å². The van der Waals surface area contributed by atoms with Gasteiger partial charge in [-0.2, -0.15) is 8.42 Å². The van der Waals surface area contributed by atoms with Crippen LogP contribution in [0.25, 0.3) is 0 Å². The normalized spacial score (nSPS) is 11.1. The number of halogens is 1. The molecule has 0 spiro atoms. The van der Waals surface area contributed by atoms with Crippen LogP contribution in [0.15, 0.2) is 53.4 Å². The number of nitrogens with two attached hydrogens (primary N) is 1. The van der Waals surface area contributed by atoms with Gasteiger partial charge in [-0.25, -0.2) is 4.39 Å². The summed E-state index contributed by atoms with van der Waals surface area (Å²) in [6, 6.07) is 9.98. The van der Waals surface area contributed by atoms with E-state index >= 15 is 0 Å². The van der Waals surface area contributed by atoms with Crippen LogP contribution in [0.3, 0.4) is 0 Å². The molecule has 0 bridgehead atoms. The Balaban J connectivity index is 2.41. The molecule has 2 aromatic carbocycles. The SMILES string of the molecule is NC(=O)c1ccccc1OS(=O)(=O)c1cccc(F)c1. The first-order chi connectivity index (χ1) is 9.40. The highest BCUT2D eigenvalue weighted by Crippen LogP contribution is 2.22. The van der Waals surface area contributed by atoms with E-state index < -0.39 is 21.8 Å². The standard InChI is InChI=1S/C13H10FNO4S/c14-9-4-3-5-10(8-9)20(17,18)19-12-7-2-1-6-11(12)13(15)16/h1-8H,(H2,15,16). The summed E-state index contributed by atoms with van der Waals surface area (Å²) >= 11 is 0. The minimum absolute atomic E-state index is 0.0764. The molecule has 0 fully saturated rings. The zero-order valence-corrected chi connectivity index (χ0v) is 10.9. The van der Waals surface area contributed by atoms with Crippen LogP contribution in [-0.4, -0.2) is 14.3 Å². The Morgan fingerprint density at radius 3 is 2.45 bits per heavy atom. The number of hydrogen-bond acceptors (Lipinski definition) is 4. The Kier molecular flexibility index (Phi) is 3.71. The van der Waals surface area contributed by atoms with E-state index in [0.29, 0.717) is 0 Å². The van der Waals surface area contributed by atoms with E-state index in [1.165, 1.54) is 36.4 Å². The van der Waals surface area contributed by atoms with Gasteiger partial charge >= 0.3 is 10.1 Å². The third kappa shape index (κ3) is 2.94. The average molecular weight is 295 g/mol. The van der Waals surface area contributed by atoms with Crippen molar-refractivity contribution in [1.29, 1.82) is 0 Å². The van der Waals surface area contributed by atoms with Gasteiger partial charge in [0.2, 0.25) is 0 Å². The molecule has 0 radical (unpaired) electrons. The fourth-order valence-electron chi connectivity index (χ4n) is 1.53. The fraction of sp³-hybridized carbons (Fsp3) is 0. The van der Waals surface area contributed by atoms with Gasteiger partial charge in [-0.15, -0.1) is 0 Å². The Bertz CT molecular complexity index is 758. The van der Waals surface area contributed by atoms with Crippen molar-refractivity contribution in [2.24, 2.45) is 5.73 Å².